The maximum Gasteiger partial charge on any atom is 0.306 e. The standard InChI is InChI=1S/C21H22ClN3O5S/c1-13(30-17-6-4-3-5-16(17)22)20(28)23-14-7-9-15(10-8-14)24-21(31)25-18(26)11-12-19(27)29-2/h3-10,13H,11-12H2,1-2H3,(H,23,28)(H2,24,25,26,31). The molecule has 2 aromatic carbocycles. The summed E-state index contributed by atoms with van der Waals surface area (Å²) in [6, 6.07) is 13.6. The smallest absolute Gasteiger partial charge is 0.306 e. The van der Waals surface area contributed by atoms with E-state index in [-0.39, 0.29) is 23.9 Å². The topological polar surface area (TPSA) is 106 Å². The van der Waals surface area contributed by atoms with Gasteiger partial charge in [-0.1, -0.05) is 23.7 Å². The van der Waals surface area contributed by atoms with Crippen LogP contribution in [-0.2, 0) is 19.1 Å². The molecule has 0 aliphatic heterocycles. The highest BCUT2D eigenvalue weighted by Crippen LogP contribution is 2.24. The Morgan fingerprint density at radius 2 is 1.61 bits per heavy atom. The van der Waals surface area contributed by atoms with Gasteiger partial charge in [-0.05, 0) is 55.5 Å². The van der Waals surface area contributed by atoms with Gasteiger partial charge in [0.15, 0.2) is 11.2 Å². The Labute approximate surface area is 190 Å². The molecule has 0 aliphatic rings. The second-order valence-corrected chi connectivity index (χ2v) is 7.15. The van der Waals surface area contributed by atoms with Crippen molar-refractivity contribution in [2.75, 3.05) is 17.7 Å². The van der Waals surface area contributed by atoms with E-state index in [9.17, 15) is 14.4 Å². The van der Waals surface area contributed by atoms with Crippen LogP contribution in [0.1, 0.15) is 19.8 Å². The normalized spacial score (nSPS) is 11.1. The van der Waals surface area contributed by atoms with E-state index in [4.69, 9.17) is 28.6 Å². The number of hydrogen-bond acceptors (Lipinski definition) is 6. The number of methoxy groups -OCH3 is 1. The van der Waals surface area contributed by atoms with Gasteiger partial charge in [0.05, 0.1) is 18.6 Å². The molecule has 1 unspecified atom stereocenters. The van der Waals surface area contributed by atoms with Gasteiger partial charge in [0, 0.05) is 17.8 Å². The van der Waals surface area contributed by atoms with Crippen molar-refractivity contribution in [2.45, 2.75) is 25.9 Å². The minimum atomic E-state index is -0.759. The minimum Gasteiger partial charge on any atom is -0.479 e. The number of halogens is 1. The zero-order valence-electron chi connectivity index (χ0n) is 16.9. The molecule has 0 aliphatic carbocycles. The van der Waals surface area contributed by atoms with Crippen molar-refractivity contribution >= 4 is 58.1 Å². The third kappa shape index (κ3) is 8.23. The fourth-order valence-corrected chi connectivity index (χ4v) is 2.75. The molecule has 2 aromatic rings. The van der Waals surface area contributed by atoms with E-state index in [1.165, 1.54) is 7.11 Å². The summed E-state index contributed by atoms with van der Waals surface area (Å²) in [6.07, 6.45) is -0.822. The van der Waals surface area contributed by atoms with Crippen LogP contribution in [0.15, 0.2) is 48.5 Å². The van der Waals surface area contributed by atoms with Crippen LogP contribution in [0, 0.1) is 0 Å². The average Bonchev–Trinajstić information content (AvgIpc) is 2.74. The van der Waals surface area contributed by atoms with Crippen LogP contribution >= 0.6 is 23.8 Å². The predicted molar refractivity (Wildman–Crippen MR) is 122 cm³/mol. The first-order valence-corrected chi connectivity index (χ1v) is 10.1. The van der Waals surface area contributed by atoms with Gasteiger partial charge >= 0.3 is 5.97 Å². The molecule has 10 heteroatoms. The maximum absolute atomic E-state index is 12.3. The summed E-state index contributed by atoms with van der Waals surface area (Å²) in [7, 11) is 1.26. The van der Waals surface area contributed by atoms with E-state index < -0.39 is 18.0 Å². The van der Waals surface area contributed by atoms with E-state index in [1.54, 1.807) is 55.5 Å². The van der Waals surface area contributed by atoms with Crippen molar-refractivity contribution in [3.8, 4) is 5.75 Å². The number of carbonyl (C=O) groups excluding carboxylic acids is 3. The molecule has 2 amide bonds. The summed E-state index contributed by atoms with van der Waals surface area (Å²) in [5.74, 6) is -0.792. The molecule has 0 fully saturated rings. The van der Waals surface area contributed by atoms with E-state index in [1.807, 2.05) is 0 Å². The summed E-state index contributed by atoms with van der Waals surface area (Å²) in [5, 5.41) is 8.58. The number of carbonyl (C=O) groups is 3. The Hall–Kier alpha value is -3.17. The highest BCUT2D eigenvalue weighted by atomic mass is 35.5. The number of benzene rings is 2. The van der Waals surface area contributed by atoms with Gasteiger partial charge in [-0.3, -0.25) is 14.4 Å². The molecule has 0 saturated carbocycles. The molecule has 0 radical (unpaired) electrons. The van der Waals surface area contributed by atoms with Gasteiger partial charge in [-0.25, -0.2) is 0 Å². The third-order valence-corrected chi connectivity index (χ3v) is 4.47. The van der Waals surface area contributed by atoms with E-state index in [0.717, 1.165) is 0 Å². The number of nitrogens with one attached hydrogen (secondary N) is 3. The van der Waals surface area contributed by atoms with Crippen molar-refractivity contribution in [1.29, 1.82) is 0 Å². The highest BCUT2D eigenvalue weighted by Gasteiger charge is 2.16. The Balaban J connectivity index is 1.82. The van der Waals surface area contributed by atoms with Gasteiger partial charge in [-0.15, -0.1) is 0 Å². The molecule has 0 aromatic heterocycles. The summed E-state index contributed by atoms with van der Waals surface area (Å²) in [5.41, 5.74) is 1.16. The molecule has 0 saturated heterocycles. The van der Waals surface area contributed by atoms with Gasteiger partial charge in [0.25, 0.3) is 5.91 Å². The fraction of sp³-hybridized carbons (Fsp3) is 0.238. The summed E-state index contributed by atoms with van der Waals surface area (Å²) >= 11 is 11.1. The van der Waals surface area contributed by atoms with Gasteiger partial charge in [0.1, 0.15) is 5.75 Å². The van der Waals surface area contributed by atoms with Crippen molar-refractivity contribution < 1.29 is 23.9 Å². The Bertz CT molecular complexity index is 952. The SMILES string of the molecule is COC(=O)CCC(=O)NC(=S)Nc1ccc(NC(=O)C(C)Oc2ccccc2Cl)cc1. The van der Waals surface area contributed by atoms with Crippen molar-refractivity contribution in [3.63, 3.8) is 0 Å². The molecule has 8 nitrogen and oxygen atoms in total. The Morgan fingerprint density at radius 1 is 1.00 bits per heavy atom. The third-order valence-electron chi connectivity index (χ3n) is 3.96. The van der Waals surface area contributed by atoms with Crippen LogP contribution in [0.25, 0.3) is 0 Å². The molecular formula is C21H22ClN3O5S. The largest absolute Gasteiger partial charge is 0.479 e. The fourth-order valence-electron chi connectivity index (χ4n) is 2.33. The molecule has 0 spiro atoms. The zero-order chi connectivity index (χ0) is 22.8. The molecule has 2 rings (SSSR count). The minimum absolute atomic E-state index is 0.0298. The number of anilines is 2. The Kier molecular flexibility index (Phi) is 9.23. The van der Waals surface area contributed by atoms with Gasteiger partial charge < -0.3 is 25.4 Å². The lowest BCUT2D eigenvalue weighted by atomic mass is 10.2. The average molecular weight is 464 g/mol. The van der Waals surface area contributed by atoms with Crippen molar-refractivity contribution in [3.05, 3.63) is 53.6 Å². The molecule has 0 heterocycles. The second-order valence-electron chi connectivity index (χ2n) is 6.34. The molecule has 164 valence electrons. The maximum atomic E-state index is 12.3. The Morgan fingerprint density at radius 3 is 2.23 bits per heavy atom. The van der Waals surface area contributed by atoms with Crippen LogP contribution in [0.4, 0.5) is 11.4 Å². The molecular weight excluding hydrogens is 442 g/mol. The highest BCUT2D eigenvalue weighted by molar-refractivity contribution is 7.80. The van der Waals surface area contributed by atoms with Crippen molar-refractivity contribution in [1.82, 2.24) is 5.32 Å². The number of rotatable bonds is 8. The lowest BCUT2D eigenvalue weighted by molar-refractivity contribution is -0.142. The summed E-state index contributed by atoms with van der Waals surface area (Å²) in [4.78, 5) is 35.1. The van der Waals surface area contributed by atoms with E-state index in [2.05, 4.69) is 20.7 Å². The predicted octanol–water partition coefficient (Wildman–Crippen LogP) is 3.51. The first kappa shape index (κ1) is 24.1. The molecule has 31 heavy (non-hydrogen) atoms. The monoisotopic (exact) mass is 463 g/mol. The quantitative estimate of drug-likeness (QED) is 0.406. The van der Waals surface area contributed by atoms with E-state index in [0.29, 0.717) is 22.1 Å². The van der Waals surface area contributed by atoms with E-state index >= 15 is 0 Å². The van der Waals surface area contributed by atoms with Crippen LogP contribution < -0.4 is 20.7 Å². The first-order chi connectivity index (χ1) is 14.8. The van der Waals surface area contributed by atoms with Crippen LogP contribution in [0.3, 0.4) is 0 Å². The van der Waals surface area contributed by atoms with Gasteiger partial charge in [0.2, 0.25) is 5.91 Å². The number of para-hydroxylation sites is 1. The first-order valence-electron chi connectivity index (χ1n) is 9.28. The van der Waals surface area contributed by atoms with Crippen LogP contribution in [-0.4, -0.2) is 36.1 Å². The molecule has 3 N–H and O–H groups in total. The zero-order valence-corrected chi connectivity index (χ0v) is 18.5. The van der Waals surface area contributed by atoms with Crippen LogP contribution in [0.2, 0.25) is 5.02 Å². The lowest BCUT2D eigenvalue weighted by Crippen LogP contribution is -2.34. The molecule has 1 atom stereocenters. The van der Waals surface area contributed by atoms with Gasteiger partial charge in [-0.2, -0.15) is 0 Å². The summed E-state index contributed by atoms with van der Waals surface area (Å²) in [6.45, 7) is 1.62. The molecule has 0 bridgehead atoms. The van der Waals surface area contributed by atoms with Crippen LogP contribution in [0.5, 0.6) is 5.75 Å². The number of ether oxygens (including phenoxy) is 2. The number of hydrogen-bond donors (Lipinski definition) is 3. The number of thiocarbonyl (C=S) groups is 1. The number of esters is 1. The summed E-state index contributed by atoms with van der Waals surface area (Å²) < 4.78 is 10.1. The lowest BCUT2D eigenvalue weighted by Gasteiger charge is -2.16. The van der Waals surface area contributed by atoms with Crippen molar-refractivity contribution in [2.24, 2.45) is 0 Å². The number of amides is 2. The second kappa shape index (κ2) is 11.9.